The van der Waals surface area contributed by atoms with Crippen LogP contribution in [-0.2, 0) is 11.3 Å². The summed E-state index contributed by atoms with van der Waals surface area (Å²) in [5.41, 5.74) is 0.635. The molecule has 0 aliphatic heterocycles. The fourth-order valence-corrected chi connectivity index (χ4v) is 4.58. The minimum Gasteiger partial charge on any atom is -0.352 e. The molecule has 0 saturated heterocycles. The van der Waals surface area contributed by atoms with Crippen LogP contribution in [0.25, 0.3) is 10.9 Å². The molecule has 0 bridgehead atoms. The van der Waals surface area contributed by atoms with Crippen LogP contribution in [0, 0.1) is 11.8 Å². The molecule has 1 saturated carbocycles. The fourth-order valence-electron chi connectivity index (χ4n) is 3.70. The maximum Gasteiger partial charge on any atom is 0.262 e. The molecule has 0 radical (unpaired) electrons. The molecular weight excluding hydrogens is 346 g/mol. The maximum atomic E-state index is 12.6. The van der Waals surface area contributed by atoms with E-state index in [4.69, 9.17) is 0 Å². The van der Waals surface area contributed by atoms with Gasteiger partial charge in [-0.3, -0.25) is 14.2 Å². The highest BCUT2D eigenvalue weighted by Crippen LogP contribution is 2.29. The van der Waals surface area contributed by atoms with Crippen LogP contribution in [0.15, 0.2) is 34.2 Å². The summed E-state index contributed by atoms with van der Waals surface area (Å²) in [6.45, 7) is 6.95. The van der Waals surface area contributed by atoms with Crippen molar-refractivity contribution in [2.24, 2.45) is 11.8 Å². The van der Waals surface area contributed by atoms with Crippen LogP contribution < -0.4 is 10.9 Å². The van der Waals surface area contributed by atoms with Gasteiger partial charge in [0.05, 0.1) is 16.7 Å². The predicted molar refractivity (Wildman–Crippen MR) is 107 cm³/mol. The topological polar surface area (TPSA) is 64.0 Å². The van der Waals surface area contributed by atoms with Crippen molar-refractivity contribution in [1.82, 2.24) is 14.9 Å². The van der Waals surface area contributed by atoms with E-state index in [1.165, 1.54) is 24.6 Å². The van der Waals surface area contributed by atoms with Crippen molar-refractivity contribution in [2.45, 2.75) is 57.8 Å². The molecule has 1 amide bonds. The maximum absolute atomic E-state index is 12.6. The van der Waals surface area contributed by atoms with E-state index in [-0.39, 0.29) is 23.3 Å². The number of thioether (sulfide) groups is 1. The van der Waals surface area contributed by atoms with E-state index in [0.717, 1.165) is 6.42 Å². The van der Waals surface area contributed by atoms with Gasteiger partial charge in [-0.05, 0) is 37.3 Å². The molecule has 26 heavy (non-hydrogen) atoms. The monoisotopic (exact) mass is 373 g/mol. The number of carbonyl (C=O) groups excluding carboxylic acids is 1. The molecule has 1 aliphatic carbocycles. The minimum atomic E-state index is -0.0456. The quantitative estimate of drug-likeness (QED) is 0.644. The first kappa shape index (κ1) is 19.0. The average molecular weight is 374 g/mol. The first-order chi connectivity index (χ1) is 12.5. The van der Waals surface area contributed by atoms with Crippen LogP contribution in [0.1, 0.15) is 40.0 Å². The van der Waals surface area contributed by atoms with E-state index in [1.807, 2.05) is 25.1 Å². The van der Waals surface area contributed by atoms with Crippen LogP contribution >= 0.6 is 11.8 Å². The van der Waals surface area contributed by atoms with Gasteiger partial charge in [0, 0.05) is 12.6 Å². The van der Waals surface area contributed by atoms with Gasteiger partial charge < -0.3 is 5.32 Å². The van der Waals surface area contributed by atoms with E-state index >= 15 is 0 Å². The Hall–Kier alpha value is -1.82. The first-order valence-electron chi connectivity index (χ1n) is 9.43. The molecule has 1 aromatic heterocycles. The molecule has 140 valence electrons. The van der Waals surface area contributed by atoms with E-state index in [2.05, 4.69) is 24.1 Å². The molecule has 3 rings (SSSR count). The number of hydrogen-bond acceptors (Lipinski definition) is 4. The first-order valence-corrected chi connectivity index (χ1v) is 10.4. The Bertz CT molecular complexity index is 849. The summed E-state index contributed by atoms with van der Waals surface area (Å²) in [6.07, 6.45) is 3.47. The van der Waals surface area contributed by atoms with Crippen LogP contribution in [0.3, 0.4) is 0 Å². The summed E-state index contributed by atoms with van der Waals surface area (Å²) in [5, 5.41) is 4.41. The molecule has 0 spiro atoms. The molecule has 1 aliphatic rings. The lowest BCUT2D eigenvalue weighted by atomic mass is 9.78. The summed E-state index contributed by atoms with van der Waals surface area (Å²) in [6, 6.07) is 7.61. The molecule has 2 aromatic rings. The van der Waals surface area contributed by atoms with Gasteiger partial charge in [0.15, 0.2) is 5.16 Å². The number of nitrogens with one attached hydrogen (secondary N) is 1. The number of carbonyl (C=O) groups is 1. The van der Waals surface area contributed by atoms with Crippen LogP contribution in [0.2, 0.25) is 0 Å². The van der Waals surface area contributed by atoms with Gasteiger partial charge in [-0.1, -0.05) is 50.6 Å². The Balaban J connectivity index is 1.71. The van der Waals surface area contributed by atoms with Gasteiger partial charge in [0.2, 0.25) is 5.91 Å². The minimum absolute atomic E-state index is 0.0195. The van der Waals surface area contributed by atoms with Crippen molar-refractivity contribution in [1.29, 1.82) is 0 Å². The number of para-hydroxylation sites is 1. The number of hydrogen-bond donors (Lipinski definition) is 1. The normalized spacial score (nSPS) is 23.1. The number of aromatic nitrogens is 2. The third kappa shape index (κ3) is 3.95. The molecule has 1 aromatic carbocycles. The summed E-state index contributed by atoms with van der Waals surface area (Å²) >= 11 is 1.34. The van der Waals surface area contributed by atoms with Gasteiger partial charge in [-0.2, -0.15) is 0 Å². The zero-order valence-electron chi connectivity index (χ0n) is 15.7. The Morgan fingerprint density at radius 1 is 1.31 bits per heavy atom. The van der Waals surface area contributed by atoms with E-state index in [1.54, 1.807) is 10.6 Å². The Morgan fingerprint density at radius 2 is 2.08 bits per heavy atom. The lowest BCUT2D eigenvalue weighted by molar-refractivity contribution is -0.120. The van der Waals surface area contributed by atoms with Crippen molar-refractivity contribution in [2.75, 3.05) is 5.75 Å². The van der Waals surface area contributed by atoms with E-state index in [0.29, 0.717) is 34.4 Å². The second kappa shape index (κ2) is 8.25. The molecule has 1 N–H and O–H groups in total. The Labute approximate surface area is 158 Å². The number of fused-ring (bicyclic) bond motifs is 1. The standard InChI is InChI=1S/C20H27N3O2S/c1-4-23-19(25)15-9-5-6-10-17(15)22-20(23)26-12-18(24)21-16-11-7-8-13(2)14(16)3/h5-6,9-10,13-14,16H,4,7-8,11-12H2,1-3H3,(H,21,24)/t13-,14+,16-/m1/s1. The predicted octanol–water partition coefficient (Wildman–Crippen LogP) is 3.45. The van der Waals surface area contributed by atoms with Crippen molar-refractivity contribution in [3.63, 3.8) is 0 Å². The van der Waals surface area contributed by atoms with Gasteiger partial charge in [0.25, 0.3) is 5.56 Å². The highest BCUT2D eigenvalue weighted by molar-refractivity contribution is 7.99. The van der Waals surface area contributed by atoms with Gasteiger partial charge in [0.1, 0.15) is 0 Å². The van der Waals surface area contributed by atoms with E-state index in [9.17, 15) is 9.59 Å². The Morgan fingerprint density at radius 3 is 2.85 bits per heavy atom. The fraction of sp³-hybridized carbons (Fsp3) is 0.550. The van der Waals surface area contributed by atoms with Crippen LogP contribution in [0.4, 0.5) is 0 Å². The van der Waals surface area contributed by atoms with Crippen LogP contribution in [0.5, 0.6) is 0 Å². The molecular formula is C20H27N3O2S. The summed E-state index contributed by atoms with van der Waals surface area (Å²) in [4.78, 5) is 29.7. The number of amides is 1. The van der Waals surface area contributed by atoms with Gasteiger partial charge in [-0.25, -0.2) is 4.98 Å². The van der Waals surface area contributed by atoms with Crippen molar-refractivity contribution < 1.29 is 4.79 Å². The average Bonchev–Trinajstić information content (AvgIpc) is 2.64. The smallest absolute Gasteiger partial charge is 0.262 e. The second-order valence-corrected chi connectivity index (χ2v) is 8.13. The highest BCUT2D eigenvalue weighted by atomic mass is 32.2. The van der Waals surface area contributed by atoms with E-state index < -0.39 is 0 Å². The van der Waals surface area contributed by atoms with Crippen LogP contribution in [-0.4, -0.2) is 27.3 Å². The molecule has 6 heteroatoms. The van der Waals surface area contributed by atoms with Crippen molar-refractivity contribution >= 4 is 28.6 Å². The molecule has 1 fully saturated rings. The largest absolute Gasteiger partial charge is 0.352 e. The SMILES string of the molecule is CCn1c(SCC(=O)N[C@@H]2CCC[C@@H](C)[C@@H]2C)nc2ccccc2c1=O. The summed E-state index contributed by atoms with van der Waals surface area (Å²) < 4.78 is 1.64. The lowest BCUT2D eigenvalue weighted by Crippen LogP contribution is -2.44. The number of rotatable bonds is 5. The molecule has 3 atom stereocenters. The third-order valence-electron chi connectivity index (χ3n) is 5.53. The lowest BCUT2D eigenvalue weighted by Gasteiger charge is -2.34. The molecule has 1 heterocycles. The number of benzene rings is 1. The van der Waals surface area contributed by atoms with Crippen molar-refractivity contribution in [3.8, 4) is 0 Å². The number of nitrogens with zero attached hydrogens (tertiary/aromatic N) is 2. The zero-order chi connectivity index (χ0) is 18.7. The Kier molecular flexibility index (Phi) is 6.01. The molecule has 5 nitrogen and oxygen atoms in total. The second-order valence-electron chi connectivity index (χ2n) is 7.19. The highest BCUT2D eigenvalue weighted by Gasteiger charge is 2.28. The third-order valence-corrected chi connectivity index (χ3v) is 6.50. The zero-order valence-corrected chi connectivity index (χ0v) is 16.5. The summed E-state index contributed by atoms with van der Waals surface area (Å²) in [7, 11) is 0. The van der Waals surface area contributed by atoms with Gasteiger partial charge in [-0.15, -0.1) is 0 Å². The molecule has 0 unspecified atom stereocenters. The summed E-state index contributed by atoms with van der Waals surface area (Å²) in [5.74, 6) is 1.45. The van der Waals surface area contributed by atoms with Crippen molar-refractivity contribution in [3.05, 3.63) is 34.6 Å². The van der Waals surface area contributed by atoms with Gasteiger partial charge >= 0.3 is 0 Å².